The second-order valence-electron chi connectivity index (χ2n) is 16.7. The molecule has 0 N–H and O–H groups in total. The van der Waals surface area contributed by atoms with Gasteiger partial charge in [-0.25, -0.2) is 4.98 Å². The molecule has 0 fully saturated rings. The highest BCUT2D eigenvalue weighted by Gasteiger charge is 2.19. The van der Waals surface area contributed by atoms with E-state index in [0.29, 0.717) is 0 Å². The Hall–Kier alpha value is -8.33. The minimum absolute atomic E-state index is 0.940. The maximum atomic E-state index is 5.15. The van der Waals surface area contributed by atoms with Crippen molar-refractivity contribution >= 4 is 75.7 Å². The molecule has 0 bridgehead atoms. The lowest BCUT2D eigenvalue weighted by Crippen LogP contribution is -1.97. The Morgan fingerprint density at radius 3 is 1.38 bits per heavy atom. The molecule has 0 radical (unpaired) electrons. The highest BCUT2D eigenvalue weighted by molar-refractivity contribution is 6.23. The van der Waals surface area contributed by atoms with Gasteiger partial charge in [-0.1, -0.05) is 176 Å². The minimum Gasteiger partial charge on any atom is -0.292 e. The Balaban J connectivity index is 0.980. The number of hydrogen-bond acceptors (Lipinski definition) is 1. The van der Waals surface area contributed by atoms with E-state index in [1.54, 1.807) is 0 Å². The minimum atomic E-state index is 0.940. The van der Waals surface area contributed by atoms with E-state index in [4.69, 9.17) is 4.98 Å². The number of aromatic nitrogens is 2. The fourth-order valence-electron chi connectivity index (χ4n) is 10.1. The normalized spacial score (nSPS) is 11.8. The third-order valence-electron chi connectivity index (χ3n) is 13.1. The zero-order valence-corrected chi connectivity index (χ0v) is 34.3. The van der Waals surface area contributed by atoms with Crippen molar-refractivity contribution in [3.63, 3.8) is 0 Å². The van der Waals surface area contributed by atoms with Gasteiger partial charge in [0.05, 0.1) is 11.0 Å². The van der Waals surface area contributed by atoms with E-state index in [9.17, 15) is 0 Å². The lowest BCUT2D eigenvalue weighted by Gasteiger charge is -2.19. The molecule has 0 saturated heterocycles. The van der Waals surface area contributed by atoms with Crippen molar-refractivity contribution in [3.05, 3.63) is 231 Å². The van der Waals surface area contributed by atoms with E-state index in [2.05, 4.69) is 235 Å². The van der Waals surface area contributed by atoms with Crippen LogP contribution in [0, 0.1) is 0 Å². The summed E-state index contributed by atoms with van der Waals surface area (Å²) in [7, 11) is 0. The van der Waals surface area contributed by atoms with Crippen molar-refractivity contribution in [2.24, 2.45) is 0 Å². The van der Waals surface area contributed by atoms with Crippen LogP contribution in [0.15, 0.2) is 231 Å². The van der Waals surface area contributed by atoms with Gasteiger partial charge in [-0.2, -0.15) is 0 Å². The lowest BCUT2D eigenvalue weighted by molar-refractivity contribution is 1.10. The first-order chi connectivity index (χ1) is 31.2. The van der Waals surface area contributed by atoms with Crippen LogP contribution < -0.4 is 0 Å². The van der Waals surface area contributed by atoms with E-state index in [-0.39, 0.29) is 0 Å². The van der Waals surface area contributed by atoms with E-state index in [1.807, 2.05) is 0 Å². The summed E-state index contributed by atoms with van der Waals surface area (Å²) in [5.74, 6) is 0.940. The summed E-state index contributed by atoms with van der Waals surface area (Å²) in [4.78, 5) is 5.15. The molecule has 0 saturated carbocycles. The number of para-hydroxylation sites is 3. The Kier molecular flexibility index (Phi) is 7.94. The highest BCUT2D eigenvalue weighted by atomic mass is 15.1. The van der Waals surface area contributed by atoms with Gasteiger partial charge in [0.1, 0.15) is 5.82 Å². The molecule has 0 unspecified atom stereocenters. The Bertz CT molecular complexity index is 3970. The molecule has 13 rings (SSSR count). The van der Waals surface area contributed by atoms with Crippen LogP contribution in [0.1, 0.15) is 0 Å². The van der Waals surface area contributed by atoms with Gasteiger partial charge in [0.2, 0.25) is 0 Å². The largest absolute Gasteiger partial charge is 0.292 e. The molecule has 0 aliphatic heterocycles. The Morgan fingerprint density at radius 1 is 0.270 bits per heavy atom. The molecule has 63 heavy (non-hydrogen) atoms. The van der Waals surface area contributed by atoms with Crippen LogP contribution in [0.4, 0.5) is 0 Å². The number of nitrogens with zero attached hydrogens (tertiary/aromatic N) is 2. The summed E-state index contributed by atoms with van der Waals surface area (Å²) in [6.45, 7) is 0. The van der Waals surface area contributed by atoms with E-state index in [1.165, 1.54) is 98.0 Å². The van der Waals surface area contributed by atoms with Crippen molar-refractivity contribution in [1.29, 1.82) is 0 Å². The van der Waals surface area contributed by atoms with Crippen molar-refractivity contribution < 1.29 is 0 Å². The van der Waals surface area contributed by atoms with Gasteiger partial charge in [-0.05, 0) is 153 Å². The molecule has 0 atom stereocenters. The highest BCUT2D eigenvalue weighted by Crippen LogP contribution is 2.46. The second-order valence-corrected chi connectivity index (χ2v) is 16.7. The average Bonchev–Trinajstić information content (AvgIpc) is 3.75. The molecular formula is C61H38N2. The van der Waals surface area contributed by atoms with Crippen molar-refractivity contribution in [3.8, 4) is 50.5 Å². The predicted molar refractivity (Wildman–Crippen MR) is 268 cm³/mol. The van der Waals surface area contributed by atoms with Crippen LogP contribution in [-0.2, 0) is 0 Å². The SMILES string of the molecule is c1ccc(-n2c(-c3ccc4c(ccc5cc(-c6ccc7c(-c8ccc9ccccc9c8)c8ccccc8c(-c8ccc9ccccc9c8)c7c6)ccc54)c3)nc3ccccc32)cc1. The van der Waals surface area contributed by atoms with Gasteiger partial charge in [-0.15, -0.1) is 0 Å². The second kappa shape index (κ2) is 14.1. The number of fused-ring (bicyclic) bond motifs is 8. The van der Waals surface area contributed by atoms with Gasteiger partial charge < -0.3 is 0 Å². The summed E-state index contributed by atoms with van der Waals surface area (Å²) in [6, 6.07) is 84.5. The summed E-state index contributed by atoms with van der Waals surface area (Å²) in [5.41, 5.74) is 11.7. The maximum Gasteiger partial charge on any atom is 0.145 e. The quantitative estimate of drug-likeness (QED) is 0.125. The number of imidazole rings is 1. The Labute approximate surface area is 364 Å². The molecule has 0 aliphatic rings. The van der Waals surface area contributed by atoms with Gasteiger partial charge >= 0.3 is 0 Å². The summed E-state index contributed by atoms with van der Waals surface area (Å²) >= 11 is 0. The smallest absolute Gasteiger partial charge is 0.145 e. The standard InChI is InChI=1S/C61H38N2/c1-2-16-50(17-3-1)63-58-21-11-10-20-57(58)62-61(63)49-30-32-52-46(37-49)25-24-45-34-43(28-31-51(45)52)44-29-33-55-56(38-44)60(48-27-23-40-13-5-7-15-42(40)36-48)54-19-9-8-18-53(54)59(55)47-26-22-39-12-4-6-14-41(39)35-47/h1-38H. The number of hydrogen-bond donors (Lipinski definition) is 0. The molecule has 292 valence electrons. The lowest BCUT2D eigenvalue weighted by atomic mass is 9.84. The molecule has 1 aromatic heterocycles. The van der Waals surface area contributed by atoms with Crippen LogP contribution in [-0.4, -0.2) is 9.55 Å². The fourth-order valence-corrected chi connectivity index (χ4v) is 10.1. The summed E-state index contributed by atoms with van der Waals surface area (Å²) in [5, 5.41) is 14.9. The van der Waals surface area contributed by atoms with Gasteiger partial charge in [0.25, 0.3) is 0 Å². The van der Waals surface area contributed by atoms with Gasteiger partial charge in [-0.3, -0.25) is 4.57 Å². The van der Waals surface area contributed by atoms with E-state index in [0.717, 1.165) is 28.1 Å². The van der Waals surface area contributed by atoms with Crippen LogP contribution in [0.3, 0.4) is 0 Å². The Morgan fingerprint density at radius 2 is 0.714 bits per heavy atom. The molecule has 0 spiro atoms. The van der Waals surface area contributed by atoms with Gasteiger partial charge in [0, 0.05) is 11.3 Å². The first-order valence-electron chi connectivity index (χ1n) is 21.7. The zero-order chi connectivity index (χ0) is 41.4. The van der Waals surface area contributed by atoms with Crippen LogP contribution in [0.5, 0.6) is 0 Å². The fraction of sp³-hybridized carbons (Fsp3) is 0. The molecule has 1 heterocycles. The van der Waals surface area contributed by atoms with E-state index < -0.39 is 0 Å². The third kappa shape index (κ3) is 5.76. The first-order valence-corrected chi connectivity index (χ1v) is 21.7. The predicted octanol–water partition coefficient (Wildman–Crippen LogP) is 16.6. The van der Waals surface area contributed by atoms with E-state index >= 15 is 0 Å². The molecule has 2 heteroatoms. The molecule has 12 aromatic carbocycles. The van der Waals surface area contributed by atoms with Crippen LogP contribution in [0.25, 0.3) is 126 Å². The molecule has 0 amide bonds. The maximum absolute atomic E-state index is 5.15. The van der Waals surface area contributed by atoms with Crippen LogP contribution in [0.2, 0.25) is 0 Å². The third-order valence-corrected chi connectivity index (χ3v) is 13.1. The summed E-state index contributed by atoms with van der Waals surface area (Å²) in [6.07, 6.45) is 0. The molecule has 13 aromatic rings. The van der Waals surface area contributed by atoms with Crippen LogP contribution >= 0.6 is 0 Å². The van der Waals surface area contributed by atoms with Crippen molar-refractivity contribution in [2.75, 3.05) is 0 Å². The van der Waals surface area contributed by atoms with Crippen molar-refractivity contribution in [1.82, 2.24) is 9.55 Å². The number of benzene rings is 12. The molecule has 0 aliphatic carbocycles. The molecule has 2 nitrogen and oxygen atoms in total. The van der Waals surface area contributed by atoms with Gasteiger partial charge in [0.15, 0.2) is 0 Å². The zero-order valence-electron chi connectivity index (χ0n) is 34.3. The monoisotopic (exact) mass is 798 g/mol. The average molecular weight is 799 g/mol. The van der Waals surface area contributed by atoms with Crippen molar-refractivity contribution in [2.45, 2.75) is 0 Å². The first kappa shape index (κ1) is 35.4. The topological polar surface area (TPSA) is 17.8 Å². The summed E-state index contributed by atoms with van der Waals surface area (Å²) < 4.78 is 2.27. The number of rotatable bonds is 5. The molecular weight excluding hydrogens is 761 g/mol.